The van der Waals surface area contributed by atoms with Crippen LogP contribution in [0.15, 0.2) is 54.6 Å². The minimum Gasteiger partial charge on any atom is -0.494 e. The Kier molecular flexibility index (Phi) is 9.98. The molecule has 2 aromatic carbocycles. The van der Waals surface area contributed by atoms with Crippen molar-refractivity contribution in [2.45, 2.75) is 43.5 Å². The molecule has 9 heteroatoms. The number of methoxy groups -OCH3 is 1. The first-order chi connectivity index (χ1) is 20.0. The Bertz CT molecular complexity index is 1330. The third kappa shape index (κ3) is 7.31. The van der Waals surface area contributed by atoms with Crippen LogP contribution in [0.25, 0.3) is 6.08 Å². The molecule has 218 valence electrons. The van der Waals surface area contributed by atoms with E-state index in [-0.39, 0.29) is 17.2 Å². The zero-order valence-electron chi connectivity index (χ0n) is 23.3. The first kappa shape index (κ1) is 29.2. The molecule has 0 spiro atoms. The van der Waals surface area contributed by atoms with Crippen LogP contribution in [-0.2, 0) is 17.6 Å². The normalized spacial score (nSPS) is 17.7. The highest BCUT2D eigenvalue weighted by atomic mass is 35.5. The van der Waals surface area contributed by atoms with Crippen molar-refractivity contribution in [3.8, 4) is 11.5 Å². The Balaban J connectivity index is 1.28. The Morgan fingerprint density at radius 2 is 1.78 bits per heavy atom. The second-order valence-electron chi connectivity index (χ2n) is 10.4. The van der Waals surface area contributed by atoms with Crippen molar-refractivity contribution in [1.82, 2.24) is 15.2 Å². The van der Waals surface area contributed by atoms with Gasteiger partial charge in [0.2, 0.25) is 0 Å². The van der Waals surface area contributed by atoms with Crippen molar-refractivity contribution in [2.75, 3.05) is 40.0 Å². The smallest absolute Gasteiger partial charge is 0.416 e. The van der Waals surface area contributed by atoms with Crippen molar-refractivity contribution in [2.24, 2.45) is 0 Å². The number of ether oxygens (including phenoxy) is 3. The number of carbonyl (C=O) groups excluding carboxylic acids is 1. The Labute approximate surface area is 245 Å². The van der Waals surface area contributed by atoms with Gasteiger partial charge in [-0.25, -0.2) is 9.18 Å². The molecule has 1 aliphatic heterocycles. The van der Waals surface area contributed by atoms with Crippen molar-refractivity contribution in [1.29, 1.82) is 0 Å². The summed E-state index contributed by atoms with van der Waals surface area (Å²) >= 11 is 6.46. The minimum absolute atomic E-state index is 0.0507. The number of benzene rings is 2. The summed E-state index contributed by atoms with van der Waals surface area (Å²) in [7, 11) is 1.72. The second-order valence-corrected chi connectivity index (χ2v) is 10.9. The first-order valence-corrected chi connectivity index (χ1v) is 14.7. The highest BCUT2D eigenvalue weighted by molar-refractivity contribution is 6.22. The molecule has 2 atom stereocenters. The van der Waals surface area contributed by atoms with Gasteiger partial charge < -0.3 is 24.5 Å². The maximum Gasteiger partial charge on any atom is 0.416 e. The molecular formula is C32H37ClFN3O4. The fourth-order valence-electron chi connectivity index (χ4n) is 5.46. The van der Waals surface area contributed by atoms with Crippen molar-refractivity contribution < 1.29 is 23.4 Å². The van der Waals surface area contributed by atoms with E-state index in [1.807, 2.05) is 36.4 Å². The average molecular weight is 582 g/mol. The van der Waals surface area contributed by atoms with E-state index in [1.165, 1.54) is 35.4 Å². The SMILES string of the molecule is COCCCNCCCCOc1ccc(C2c3[nH]c4c(c3CCN2C(=O)Oc2ccc(F)cc2)CC(Cl)C=C4)cc1. The minimum atomic E-state index is -0.484. The molecule has 2 N–H and O–H groups in total. The summed E-state index contributed by atoms with van der Waals surface area (Å²) in [6.07, 6.45) is 7.98. The third-order valence-electron chi connectivity index (χ3n) is 7.51. The topological polar surface area (TPSA) is 75.8 Å². The number of nitrogens with zero attached hydrogens (tertiary/aromatic N) is 1. The molecule has 7 nitrogen and oxygen atoms in total. The van der Waals surface area contributed by atoms with Crippen molar-refractivity contribution in [3.05, 3.63) is 88.5 Å². The summed E-state index contributed by atoms with van der Waals surface area (Å²) in [6.45, 7) is 3.81. The quantitative estimate of drug-likeness (QED) is 0.195. The number of rotatable bonds is 12. The van der Waals surface area contributed by atoms with Gasteiger partial charge in [-0.3, -0.25) is 4.90 Å². The molecule has 2 aliphatic rings. The van der Waals surface area contributed by atoms with Gasteiger partial charge in [0, 0.05) is 31.6 Å². The number of alkyl halides is 1. The fraction of sp³-hybridized carbons (Fsp3) is 0.406. The summed E-state index contributed by atoms with van der Waals surface area (Å²) in [6, 6.07) is 13.0. The number of hydrogen-bond acceptors (Lipinski definition) is 5. The van der Waals surface area contributed by atoms with Gasteiger partial charge in [0.1, 0.15) is 23.4 Å². The zero-order chi connectivity index (χ0) is 28.6. The number of fused-ring (bicyclic) bond motifs is 3. The number of H-pyrrole nitrogens is 1. The van der Waals surface area contributed by atoms with Gasteiger partial charge in [-0.1, -0.05) is 18.2 Å². The van der Waals surface area contributed by atoms with Gasteiger partial charge in [-0.05, 0) is 104 Å². The van der Waals surface area contributed by atoms with E-state index in [4.69, 9.17) is 25.8 Å². The van der Waals surface area contributed by atoms with E-state index in [2.05, 4.69) is 10.3 Å². The van der Waals surface area contributed by atoms with Crippen LogP contribution in [0.3, 0.4) is 0 Å². The lowest BCUT2D eigenvalue weighted by Crippen LogP contribution is -2.42. The maximum absolute atomic E-state index is 13.4. The van der Waals surface area contributed by atoms with Gasteiger partial charge in [0.15, 0.2) is 0 Å². The predicted molar refractivity (Wildman–Crippen MR) is 158 cm³/mol. The van der Waals surface area contributed by atoms with Crippen LogP contribution in [0, 0.1) is 5.82 Å². The van der Waals surface area contributed by atoms with Gasteiger partial charge in [0.05, 0.1) is 12.0 Å². The molecule has 2 unspecified atom stereocenters. The van der Waals surface area contributed by atoms with E-state index in [0.29, 0.717) is 25.3 Å². The molecule has 5 rings (SSSR count). The lowest BCUT2D eigenvalue weighted by Gasteiger charge is -2.35. The highest BCUT2D eigenvalue weighted by Gasteiger charge is 2.37. The van der Waals surface area contributed by atoms with E-state index < -0.39 is 6.09 Å². The van der Waals surface area contributed by atoms with E-state index in [9.17, 15) is 9.18 Å². The van der Waals surface area contributed by atoms with Crippen molar-refractivity contribution in [3.63, 3.8) is 0 Å². The van der Waals surface area contributed by atoms with E-state index in [0.717, 1.165) is 68.1 Å². The Morgan fingerprint density at radius 1 is 1.02 bits per heavy atom. The molecule has 0 radical (unpaired) electrons. The monoisotopic (exact) mass is 581 g/mol. The molecule has 0 saturated heterocycles. The molecule has 3 aromatic rings. The molecule has 0 fully saturated rings. The number of amides is 1. The molecule has 1 amide bonds. The van der Waals surface area contributed by atoms with Crippen molar-refractivity contribution >= 4 is 23.8 Å². The number of unbranched alkanes of at least 4 members (excludes halogenated alkanes) is 1. The third-order valence-corrected chi connectivity index (χ3v) is 7.81. The van der Waals surface area contributed by atoms with E-state index >= 15 is 0 Å². The molecule has 1 aromatic heterocycles. The van der Waals surface area contributed by atoms with Crippen LogP contribution in [0.2, 0.25) is 0 Å². The standard InChI is InChI=1S/C32H37ClFN3O4/c1-39-19-4-17-35-16-2-3-20-40-25-10-5-22(6-11-25)31-30-27(28-21-23(33)7-14-29(28)36-30)15-18-37(31)32(38)41-26-12-8-24(34)9-13-26/h5-14,23,31,35-36H,2-4,15-21H2,1H3. The molecule has 41 heavy (non-hydrogen) atoms. The summed E-state index contributed by atoms with van der Waals surface area (Å²) in [5.74, 6) is 0.704. The summed E-state index contributed by atoms with van der Waals surface area (Å²) in [5, 5.41) is 3.36. The fourth-order valence-corrected chi connectivity index (χ4v) is 5.68. The van der Waals surface area contributed by atoms with Crippen LogP contribution in [0.4, 0.5) is 9.18 Å². The Hall–Kier alpha value is -3.33. The number of halogens is 2. The van der Waals surface area contributed by atoms with Crippen LogP contribution < -0.4 is 14.8 Å². The predicted octanol–water partition coefficient (Wildman–Crippen LogP) is 6.26. The molecule has 0 saturated carbocycles. The van der Waals surface area contributed by atoms with Gasteiger partial charge in [-0.2, -0.15) is 0 Å². The molecule has 2 heterocycles. The summed E-state index contributed by atoms with van der Waals surface area (Å²) < 4.78 is 30.1. The van der Waals surface area contributed by atoms with Crippen LogP contribution in [0.5, 0.6) is 11.5 Å². The summed E-state index contributed by atoms with van der Waals surface area (Å²) in [4.78, 5) is 18.7. The zero-order valence-corrected chi connectivity index (χ0v) is 24.1. The molecular weight excluding hydrogens is 545 g/mol. The second kappa shape index (κ2) is 14.0. The van der Waals surface area contributed by atoms with Crippen LogP contribution in [0.1, 0.15) is 53.4 Å². The van der Waals surface area contributed by atoms with Gasteiger partial charge in [-0.15, -0.1) is 11.6 Å². The van der Waals surface area contributed by atoms with Crippen LogP contribution >= 0.6 is 11.6 Å². The van der Waals surface area contributed by atoms with Crippen LogP contribution in [-0.4, -0.2) is 61.3 Å². The molecule has 1 aliphatic carbocycles. The van der Waals surface area contributed by atoms with Gasteiger partial charge in [0.25, 0.3) is 0 Å². The maximum atomic E-state index is 13.4. The Morgan fingerprint density at radius 3 is 2.56 bits per heavy atom. The summed E-state index contributed by atoms with van der Waals surface area (Å²) in [5.41, 5.74) is 5.38. The van der Waals surface area contributed by atoms with E-state index in [1.54, 1.807) is 12.0 Å². The average Bonchev–Trinajstić information content (AvgIpc) is 3.35. The number of nitrogens with one attached hydrogen (secondary N) is 2. The highest BCUT2D eigenvalue weighted by Crippen LogP contribution is 2.40. The number of aromatic amines is 1. The number of allylic oxidation sites excluding steroid dienone is 1. The van der Waals surface area contributed by atoms with Gasteiger partial charge >= 0.3 is 6.09 Å². The first-order valence-electron chi connectivity index (χ1n) is 14.3. The molecule has 0 bridgehead atoms. The largest absolute Gasteiger partial charge is 0.494 e. The lowest BCUT2D eigenvalue weighted by molar-refractivity contribution is 0.135. The lowest BCUT2D eigenvalue weighted by atomic mass is 9.89. The number of hydrogen-bond donors (Lipinski definition) is 2. The number of aromatic nitrogens is 1. The number of carbonyl (C=O) groups is 1.